The summed E-state index contributed by atoms with van der Waals surface area (Å²) in [4.78, 5) is 21.4. The highest BCUT2D eigenvalue weighted by Gasteiger charge is 2.31. The number of aryl methyl sites for hydroxylation is 2. The van der Waals surface area contributed by atoms with Crippen molar-refractivity contribution < 1.29 is 9.53 Å². The standard InChI is InChI=1S/C24H24N2O2S/c1-5-23(27)26-13-21(20-12-16(3)29-22(20)14-26)18-9-7-6-8-17(18)19-11-10-15(2)25-24(19)28-4/h5-12,21H,1,13-14H2,2-4H3/t21-/m1/s1. The number of methoxy groups -OCH3 is 1. The first-order valence-corrected chi connectivity index (χ1v) is 10.4. The summed E-state index contributed by atoms with van der Waals surface area (Å²) in [6, 6.07) is 14.7. The molecule has 148 valence electrons. The number of nitrogens with zero attached hydrogens (tertiary/aromatic N) is 2. The zero-order chi connectivity index (χ0) is 20.5. The monoisotopic (exact) mass is 404 g/mol. The summed E-state index contributed by atoms with van der Waals surface area (Å²) in [5.41, 5.74) is 5.46. The van der Waals surface area contributed by atoms with Gasteiger partial charge in [0.15, 0.2) is 0 Å². The third kappa shape index (κ3) is 3.58. The summed E-state index contributed by atoms with van der Waals surface area (Å²) >= 11 is 1.77. The van der Waals surface area contributed by atoms with Gasteiger partial charge in [-0.15, -0.1) is 11.3 Å². The van der Waals surface area contributed by atoms with Gasteiger partial charge in [0.1, 0.15) is 0 Å². The number of pyridine rings is 1. The van der Waals surface area contributed by atoms with Gasteiger partial charge in [-0.1, -0.05) is 30.8 Å². The van der Waals surface area contributed by atoms with Crippen molar-refractivity contribution in [2.45, 2.75) is 26.3 Å². The van der Waals surface area contributed by atoms with Crippen LogP contribution in [0.25, 0.3) is 11.1 Å². The van der Waals surface area contributed by atoms with Gasteiger partial charge < -0.3 is 9.64 Å². The Morgan fingerprint density at radius 2 is 2.00 bits per heavy atom. The number of fused-ring (bicyclic) bond motifs is 1. The number of aromatic nitrogens is 1. The molecule has 4 nitrogen and oxygen atoms in total. The Labute approximate surface area is 175 Å². The molecule has 1 amide bonds. The quantitative estimate of drug-likeness (QED) is 0.569. The van der Waals surface area contributed by atoms with Crippen LogP contribution in [0.15, 0.2) is 55.1 Å². The van der Waals surface area contributed by atoms with Gasteiger partial charge in [0.25, 0.3) is 0 Å². The van der Waals surface area contributed by atoms with E-state index in [4.69, 9.17) is 4.74 Å². The Balaban J connectivity index is 1.87. The lowest BCUT2D eigenvalue weighted by Crippen LogP contribution is -2.37. The van der Waals surface area contributed by atoms with Crippen LogP contribution in [0.1, 0.15) is 32.5 Å². The van der Waals surface area contributed by atoms with E-state index in [1.165, 1.54) is 27.0 Å². The lowest BCUT2D eigenvalue weighted by atomic mass is 9.84. The maximum atomic E-state index is 12.4. The van der Waals surface area contributed by atoms with Crippen molar-refractivity contribution in [1.82, 2.24) is 9.88 Å². The highest BCUT2D eigenvalue weighted by molar-refractivity contribution is 7.12. The zero-order valence-corrected chi connectivity index (χ0v) is 17.8. The molecule has 1 aliphatic rings. The molecule has 4 rings (SSSR count). The minimum absolute atomic E-state index is 0.0289. The number of hydrogen-bond donors (Lipinski definition) is 0. The molecular weight excluding hydrogens is 380 g/mol. The van der Waals surface area contributed by atoms with E-state index in [1.807, 2.05) is 24.0 Å². The van der Waals surface area contributed by atoms with E-state index in [0.29, 0.717) is 19.0 Å². The molecule has 1 aromatic carbocycles. The topological polar surface area (TPSA) is 42.4 Å². The van der Waals surface area contributed by atoms with Crippen molar-refractivity contribution in [1.29, 1.82) is 0 Å². The molecule has 2 aromatic heterocycles. The molecule has 3 aromatic rings. The maximum Gasteiger partial charge on any atom is 0.246 e. The highest BCUT2D eigenvalue weighted by atomic mass is 32.1. The minimum atomic E-state index is -0.0289. The molecule has 1 atom stereocenters. The first kappa shape index (κ1) is 19.4. The third-order valence-electron chi connectivity index (χ3n) is 5.38. The maximum absolute atomic E-state index is 12.4. The number of hydrogen-bond acceptors (Lipinski definition) is 4. The Morgan fingerprint density at radius 3 is 2.76 bits per heavy atom. The number of amides is 1. The molecule has 0 aliphatic carbocycles. The average molecular weight is 405 g/mol. The van der Waals surface area contributed by atoms with Crippen LogP contribution in [0, 0.1) is 13.8 Å². The molecule has 0 unspecified atom stereocenters. The van der Waals surface area contributed by atoms with Gasteiger partial charge >= 0.3 is 0 Å². The number of carbonyl (C=O) groups is 1. The number of carbonyl (C=O) groups excluding carboxylic acids is 1. The van der Waals surface area contributed by atoms with E-state index in [9.17, 15) is 4.79 Å². The Hall–Kier alpha value is -2.92. The first-order valence-electron chi connectivity index (χ1n) is 9.63. The van der Waals surface area contributed by atoms with Gasteiger partial charge in [0.2, 0.25) is 11.8 Å². The van der Waals surface area contributed by atoms with Crippen LogP contribution >= 0.6 is 11.3 Å². The summed E-state index contributed by atoms with van der Waals surface area (Å²) in [6.45, 7) is 9.04. The zero-order valence-electron chi connectivity index (χ0n) is 16.9. The van der Waals surface area contributed by atoms with E-state index in [0.717, 1.165) is 16.8 Å². The van der Waals surface area contributed by atoms with Gasteiger partial charge in [-0.2, -0.15) is 0 Å². The first-order chi connectivity index (χ1) is 14.0. The normalized spacial score (nSPS) is 15.7. The molecule has 0 saturated heterocycles. The van der Waals surface area contributed by atoms with Gasteiger partial charge in [0.05, 0.1) is 13.7 Å². The number of ether oxygens (including phenoxy) is 1. The second-order valence-corrected chi connectivity index (χ2v) is 8.65. The molecular formula is C24H24N2O2S. The lowest BCUT2D eigenvalue weighted by Gasteiger charge is -2.33. The molecule has 0 radical (unpaired) electrons. The fourth-order valence-corrected chi connectivity index (χ4v) is 5.17. The molecule has 0 bridgehead atoms. The largest absolute Gasteiger partial charge is 0.481 e. The van der Waals surface area contributed by atoms with Crippen LogP contribution in [-0.2, 0) is 11.3 Å². The van der Waals surface area contributed by atoms with Crippen molar-refractivity contribution in [3.05, 3.63) is 81.7 Å². The highest BCUT2D eigenvalue weighted by Crippen LogP contribution is 2.42. The van der Waals surface area contributed by atoms with Gasteiger partial charge in [-0.05, 0) is 54.8 Å². The van der Waals surface area contributed by atoms with E-state index < -0.39 is 0 Å². The molecule has 0 fully saturated rings. The SMILES string of the molecule is C=CC(=O)N1Cc2sc(C)cc2[C@@H](c2ccccc2-c2ccc(C)nc2OC)C1. The predicted molar refractivity (Wildman–Crippen MR) is 117 cm³/mol. The summed E-state index contributed by atoms with van der Waals surface area (Å²) in [6.07, 6.45) is 1.40. The molecule has 1 aliphatic heterocycles. The smallest absolute Gasteiger partial charge is 0.246 e. The summed E-state index contributed by atoms with van der Waals surface area (Å²) in [5, 5.41) is 0. The Bertz CT molecular complexity index is 1090. The molecule has 0 N–H and O–H groups in total. The number of benzene rings is 1. The van der Waals surface area contributed by atoms with Crippen LogP contribution in [0.2, 0.25) is 0 Å². The van der Waals surface area contributed by atoms with E-state index >= 15 is 0 Å². The van der Waals surface area contributed by atoms with Crippen LogP contribution < -0.4 is 4.74 Å². The number of thiophene rings is 1. The summed E-state index contributed by atoms with van der Waals surface area (Å²) < 4.78 is 5.59. The third-order valence-corrected chi connectivity index (χ3v) is 6.43. The van der Waals surface area contributed by atoms with Crippen LogP contribution in [0.3, 0.4) is 0 Å². The Morgan fingerprint density at radius 1 is 1.21 bits per heavy atom. The summed E-state index contributed by atoms with van der Waals surface area (Å²) in [7, 11) is 1.65. The average Bonchev–Trinajstić information content (AvgIpc) is 3.12. The second-order valence-electron chi connectivity index (χ2n) is 7.31. The predicted octanol–water partition coefficient (Wildman–Crippen LogP) is 5.10. The van der Waals surface area contributed by atoms with Crippen LogP contribution in [0.4, 0.5) is 0 Å². The second kappa shape index (κ2) is 7.84. The van der Waals surface area contributed by atoms with E-state index in [1.54, 1.807) is 18.4 Å². The van der Waals surface area contributed by atoms with Gasteiger partial charge in [-0.3, -0.25) is 4.79 Å². The van der Waals surface area contributed by atoms with Crippen molar-refractivity contribution in [3.8, 4) is 17.0 Å². The molecule has 5 heteroatoms. The fourth-order valence-electron chi connectivity index (χ4n) is 4.06. The molecule has 0 spiro atoms. The van der Waals surface area contributed by atoms with Crippen molar-refractivity contribution in [2.24, 2.45) is 0 Å². The van der Waals surface area contributed by atoms with Crippen LogP contribution in [0.5, 0.6) is 5.88 Å². The molecule has 0 saturated carbocycles. The van der Waals surface area contributed by atoms with Crippen molar-refractivity contribution in [3.63, 3.8) is 0 Å². The fraction of sp³-hybridized carbons (Fsp3) is 0.250. The number of rotatable bonds is 4. The summed E-state index contributed by atoms with van der Waals surface area (Å²) in [5.74, 6) is 0.683. The molecule has 3 heterocycles. The van der Waals surface area contributed by atoms with E-state index in [2.05, 4.69) is 48.8 Å². The van der Waals surface area contributed by atoms with E-state index in [-0.39, 0.29) is 11.8 Å². The van der Waals surface area contributed by atoms with Crippen LogP contribution in [-0.4, -0.2) is 29.4 Å². The van der Waals surface area contributed by atoms with Gasteiger partial charge in [-0.25, -0.2) is 4.98 Å². The minimum Gasteiger partial charge on any atom is -0.481 e. The Kier molecular flexibility index (Phi) is 5.24. The molecule has 29 heavy (non-hydrogen) atoms. The van der Waals surface area contributed by atoms with Crippen molar-refractivity contribution in [2.75, 3.05) is 13.7 Å². The lowest BCUT2D eigenvalue weighted by molar-refractivity contribution is -0.127. The van der Waals surface area contributed by atoms with Crippen molar-refractivity contribution >= 4 is 17.2 Å². The van der Waals surface area contributed by atoms with Gasteiger partial charge in [0, 0.05) is 33.5 Å².